The van der Waals surface area contributed by atoms with E-state index in [-0.39, 0.29) is 18.1 Å². The smallest absolute Gasteiger partial charge is 0.273 e. The molecule has 2 saturated heterocycles. The number of fused-ring (bicyclic) bond motifs is 1. The van der Waals surface area contributed by atoms with E-state index in [2.05, 4.69) is 4.98 Å². The number of hydrogen-bond donors (Lipinski definition) is 0. The maximum absolute atomic E-state index is 12.5. The van der Waals surface area contributed by atoms with E-state index < -0.39 is 0 Å². The first-order chi connectivity index (χ1) is 9.81. The summed E-state index contributed by atoms with van der Waals surface area (Å²) in [6.07, 6.45) is 5.25. The molecule has 3 aliphatic rings. The highest BCUT2D eigenvalue weighted by Crippen LogP contribution is 2.41. The van der Waals surface area contributed by atoms with Gasteiger partial charge >= 0.3 is 0 Å². The fourth-order valence-electron chi connectivity index (χ4n) is 3.56. The van der Waals surface area contributed by atoms with Gasteiger partial charge in [0.1, 0.15) is 12.2 Å². The summed E-state index contributed by atoms with van der Waals surface area (Å²) in [5.41, 5.74) is 0. The molecule has 1 saturated carbocycles. The Balaban J connectivity index is 1.31. The summed E-state index contributed by atoms with van der Waals surface area (Å²) < 4.78 is 11.4. The quantitative estimate of drug-likeness (QED) is 0.848. The monoisotopic (exact) mass is 294 g/mol. The lowest BCUT2D eigenvalue weighted by Crippen LogP contribution is -2.59. The molecule has 1 aromatic rings. The number of rotatable bonds is 3. The zero-order chi connectivity index (χ0) is 13.5. The van der Waals surface area contributed by atoms with E-state index >= 15 is 0 Å². The van der Waals surface area contributed by atoms with Crippen molar-refractivity contribution in [3.05, 3.63) is 11.6 Å². The predicted molar refractivity (Wildman–Crippen MR) is 73.7 cm³/mol. The van der Waals surface area contributed by atoms with Crippen LogP contribution in [0.5, 0.6) is 5.19 Å². The van der Waals surface area contributed by atoms with E-state index in [1.165, 1.54) is 24.2 Å². The lowest BCUT2D eigenvalue weighted by molar-refractivity contribution is -0.151. The van der Waals surface area contributed by atoms with Gasteiger partial charge in [-0.15, -0.1) is 0 Å². The molecule has 0 spiro atoms. The maximum Gasteiger partial charge on any atom is 0.273 e. The predicted octanol–water partition coefficient (Wildman–Crippen LogP) is 1.55. The topological polar surface area (TPSA) is 51.7 Å². The van der Waals surface area contributed by atoms with Gasteiger partial charge in [-0.1, -0.05) is 17.8 Å². The van der Waals surface area contributed by atoms with Gasteiger partial charge in [0.05, 0.1) is 19.7 Å². The van der Waals surface area contributed by atoms with Crippen LogP contribution in [-0.4, -0.2) is 47.7 Å². The number of hydrogen-bond acceptors (Lipinski definition) is 5. The summed E-state index contributed by atoms with van der Waals surface area (Å²) in [5.74, 6) is 1.24. The van der Waals surface area contributed by atoms with Crippen molar-refractivity contribution in [3.8, 4) is 5.19 Å². The van der Waals surface area contributed by atoms with Crippen molar-refractivity contribution in [2.24, 2.45) is 11.8 Å². The van der Waals surface area contributed by atoms with E-state index in [1.807, 2.05) is 10.3 Å². The minimum Gasteiger partial charge on any atom is -0.463 e. The van der Waals surface area contributed by atoms with Gasteiger partial charge in [-0.2, -0.15) is 0 Å². The molecule has 0 radical (unpaired) electrons. The third-order valence-electron chi connectivity index (χ3n) is 4.68. The molecule has 0 N–H and O–H groups in total. The number of ether oxygens (including phenoxy) is 2. The van der Waals surface area contributed by atoms with E-state index in [9.17, 15) is 4.79 Å². The molecule has 4 rings (SSSR count). The van der Waals surface area contributed by atoms with Crippen LogP contribution in [0.25, 0.3) is 0 Å². The molecule has 0 bridgehead atoms. The van der Waals surface area contributed by atoms with E-state index in [1.54, 1.807) is 6.20 Å². The van der Waals surface area contributed by atoms with Crippen molar-refractivity contribution in [2.75, 3.05) is 19.7 Å². The van der Waals surface area contributed by atoms with Crippen molar-refractivity contribution in [1.29, 1.82) is 0 Å². The molecule has 1 aromatic heterocycles. The summed E-state index contributed by atoms with van der Waals surface area (Å²) in [6.45, 7) is 2.10. The Morgan fingerprint density at radius 2 is 2.35 bits per heavy atom. The number of likely N-dealkylation sites (tertiary alicyclic amines) is 1. The molecular weight excluding hydrogens is 276 g/mol. The highest BCUT2D eigenvalue weighted by molar-refractivity contribution is 7.11. The summed E-state index contributed by atoms with van der Waals surface area (Å²) in [6, 6.07) is 0. The van der Waals surface area contributed by atoms with E-state index in [4.69, 9.17) is 9.47 Å². The number of aromatic nitrogens is 1. The van der Waals surface area contributed by atoms with Gasteiger partial charge in [-0.05, 0) is 24.7 Å². The molecule has 0 aromatic carbocycles. The second kappa shape index (κ2) is 5.00. The van der Waals surface area contributed by atoms with Crippen LogP contribution in [0.15, 0.2) is 11.6 Å². The Morgan fingerprint density at radius 3 is 3.15 bits per heavy atom. The fourth-order valence-corrected chi connectivity index (χ4v) is 4.11. The molecule has 3 atom stereocenters. The lowest BCUT2D eigenvalue weighted by Gasteiger charge is -2.40. The Kier molecular flexibility index (Phi) is 3.15. The second-order valence-electron chi connectivity index (χ2n) is 5.89. The highest BCUT2D eigenvalue weighted by atomic mass is 32.1. The minimum absolute atomic E-state index is 0.0888. The second-order valence-corrected chi connectivity index (χ2v) is 6.75. The zero-order valence-electron chi connectivity index (χ0n) is 11.2. The van der Waals surface area contributed by atoms with Gasteiger partial charge in [-0.25, -0.2) is 4.98 Å². The SMILES string of the molecule is O=C([C@@H]1OC[C@@H]2CCC[C@@H]21)N1CC(Oc2nccs2)C1. The third-order valence-corrected chi connectivity index (χ3v) is 5.34. The van der Waals surface area contributed by atoms with Gasteiger partial charge in [0.15, 0.2) is 0 Å². The molecular formula is C14H18N2O3S. The van der Waals surface area contributed by atoms with Gasteiger partial charge in [-0.3, -0.25) is 4.79 Å². The van der Waals surface area contributed by atoms with Crippen LogP contribution in [0.3, 0.4) is 0 Å². The van der Waals surface area contributed by atoms with E-state index in [0.29, 0.717) is 30.1 Å². The van der Waals surface area contributed by atoms with Crippen molar-refractivity contribution >= 4 is 17.2 Å². The molecule has 3 heterocycles. The van der Waals surface area contributed by atoms with Crippen molar-refractivity contribution < 1.29 is 14.3 Å². The molecule has 1 aliphatic carbocycles. The first kappa shape index (κ1) is 12.6. The first-order valence-electron chi connectivity index (χ1n) is 7.28. The van der Waals surface area contributed by atoms with Crippen molar-refractivity contribution in [3.63, 3.8) is 0 Å². The average molecular weight is 294 g/mol. The molecule has 108 valence electrons. The molecule has 3 fully saturated rings. The fraction of sp³-hybridized carbons (Fsp3) is 0.714. The summed E-state index contributed by atoms with van der Waals surface area (Å²) in [5, 5.41) is 2.58. The van der Waals surface area contributed by atoms with Crippen LogP contribution < -0.4 is 4.74 Å². The number of nitrogens with zero attached hydrogens (tertiary/aromatic N) is 2. The Labute approximate surface area is 121 Å². The summed E-state index contributed by atoms with van der Waals surface area (Å²) >= 11 is 1.49. The normalized spacial score (nSPS) is 33.0. The molecule has 0 unspecified atom stereocenters. The van der Waals surface area contributed by atoms with Crippen LogP contribution in [0.2, 0.25) is 0 Å². The average Bonchev–Trinajstić information content (AvgIpc) is 3.08. The molecule has 2 aliphatic heterocycles. The molecule has 1 amide bonds. The summed E-state index contributed by atoms with van der Waals surface area (Å²) in [7, 11) is 0. The van der Waals surface area contributed by atoms with Crippen LogP contribution in [0, 0.1) is 11.8 Å². The largest absolute Gasteiger partial charge is 0.463 e. The Hall–Kier alpha value is -1.14. The van der Waals surface area contributed by atoms with Gasteiger partial charge in [0, 0.05) is 11.6 Å². The molecule has 5 nitrogen and oxygen atoms in total. The van der Waals surface area contributed by atoms with Gasteiger partial charge < -0.3 is 14.4 Å². The molecule has 6 heteroatoms. The van der Waals surface area contributed by atoms with Crippen LogP contribution in [-0.2, 0) is 9.53 Å². The number of thiazole rings is 1. The number of amides is 1. The van der Waals surface area contributed by atoms with E-state index in [0.717, 1.165) is 13.0 Å². The highest BCUT2D eigenvalue weighted by Gasteiger charge is 2.47. The van der Waals surface area contributed by atoms with Crippen LogP contribution in [0.4, 0.5) is 0 Å². The zero-order valence-corrected chi connectivity index (χ0v) is 12.1. The van der Waals surface area contributed by atoms with Crippen LogP contribution >= 0.6 is 11.3 Å². The third kappa shape index (κ3) is 2.11. The number of carbonyl (C=O) groups excluding carboxylic acids is 1. The van der Waals surface area contributed by atoms with Gasteiger partial charge in [0.25, 0.3) is 11.1 Å². The molecule has 20 heavy (non-hydrogen) atoms. The van der Waals surface area contributed by atoms with Crippen LogP contribution in [0.1, 0.15) is 19.3 Å². The number of carbonyl (C=O) groups is 1. The lowest BCUT2D eigenvalue weighted by atomic mass is 9.93. The van der Waals surface area contributed by atoms with Crippen molar-refractivity contribution in [2.45, 2.75) is 31.5 Å². The Morgan fingerprint density at radius 1 is 1.45 bits per heavy atom. The standard InChI is InChI=1S/C14H18N2O3S/c17-13(12-11-3-1-2-9(11)8-18-12)16-6-10(7-16)19-14-15-4-5-20-14/h4-5,9-12H,1-3,6-8H2/t9-,11-,12+/m0/s1. The van der Waals surface area contributed by atoms with Gasteiger partial charge in [0.2, 0.25) is 0 Å². The first-order valence-corrected chi connectivity index (χ1v) is 8.16. The maximum atomic E-state index is 12.5. The Bertz CT molecular complexity index is 487. The minimum atomic E-state index is -0.191. The summed E-state index contributed by atoms with van der Waals surface area (Å²) in [4.78, 5) is 18.4. The van der Waals surface area contributed by atoms with Crippen molar-refractivity contribution in [1.82, 2.24) is 9.88 Å².